The Kier molecular flexibility index (Phi) is 13.7. The van der Waals surface area contributed by atoms with Crippen LogP contribution >= 0.6 is 0 Å². The number of nitrogens with one attached hydrogen (secondary N) is 5. The first-order chi connectivity index (χ1) is 17.4. The smallest absolute Gasteiger partial charge is 0.326 e. The summed E-state index contributed by atoms with van der Waals surface area (Å²) in [6.45, 7) is 11.5. The van der Waals surface area contributed by atoms with Gasteiger partial charge in [0.15, 0.2) is 0 Å². The van der Waals surface area contributed by atoms with Crippen LogP contribution in [0.15, 0.2) is 12.2 Å². The lowest BCUT2D eigenvalue weighted by atomic mass is 9.97. The van der Waals surface area contributed by atoms with E-state index >= 15 is 0 Å². The first kappa shape index (κ1) is 31.9. The molecule has 11 heteroatoms. The summed E-state index contributed by atoms with van der Waals surface area (Å²) in [4.78, 5) is 62.7. The average molecular weight is 524 g/mol. The van der Waals surface area contributed by atoms with Crippen molar-refractivity contribution in [2.75, 3.05) is 6.54 Å². The zero-order chi connectivity index (χ0) is 28.1. The Morgan fingerprint density at radius 3 is 2.16 bits per heavy atom. The highest BCUT2D eigenvalue weighted by Crippen LogP contribution is 2.12. The minimum Gasteiger partial charge on any atom is -0.480 e. The van der Waals surface area contributed by atoms with Gasteiger partial charge in [-0.1, -0.05) is 60.5 Å². The van der Waals surface area contributed by atoms with Crippen molar-refractivity contribution in [2.45, 2.75) is 97.8 Å². The van der Waals surface area contributed by atoms with Crippen LogP contribution in [0, 0.1) is 17.8 Å². The van der Waals surface area contributed by atoms with Crippen LogP contribution in [0.2, 0.25) is 0 Å². The molecule has 1 aliphatic rings. The molecule has 1 aliphatic heterocycles. The fraction of sp³-hybridized carbons (Fsp3) is 0.731. The molecule has 11 nitrogen and oxygen atoms in total. The molecule has 0 aromatic rings. The van der Waals surface area contributed by atoms with E-state index in [1.54, 1.807) is 19.9 Å². The summed E-state index contributed by atoms with van der Waals surface area (Å²) in [5.41, 5.74) is 0. The maximum Gasteiger partial charge on any atom is 0.326 e. The molecule has 0 unspecified atom stereocenters. The number of carbonyl (C=O) groups is 5. The lowest BCUT2D eigenvalue weighted by molar-refractivity contribution is -0.140. The molecule has 0 bridgehead atoms. The zero-order valence-corrected chi connectivity index (χ0v) is 22.9. The van der Waals surface area contributed by atoms with Crippen molar-refractivity contribution < 1.29 is 29.1 Å². The molecule has 1 rings (SSSR count). The Hall–Kier alpha value is -3.11. The van der Waals surface area contributed by atoms with Gasteiger partial charge in [-0.15, -0.1) is 0 Å². The van der Waals surface area contributed by atoms with Crippen molar-refractivity contribution in [3.63, 3.8) is 0 Å². The molecule has 210 valence electrons. The molecule has 0 fully saturated rings. The van der Waals surface area contributed by atoms with E-state index in [0.717, 1.165) is 0 Å². The number of hydrogen-bond donors (Lipinski definition) is 6. The molecule has 5 amide bonds. The van der Waals surface area contributed by atoms with Crippen LogP contribution in [0.1, 0.15) is 73.6 Å². The summed E-state index contributed by atoms with van der Waals surface area (Å²) in [5, 5.41) is 23.1. The predicted molar refractivity (Wildman–Crippen MR) is 140 cm³/mol. The SMILES string of the molecule is CC[C@H](C)[C@H](NC(=O)N[C@H](C(=O)N[C@H]1CCCCNC(=O)C=C[C@H](C(C)C)NC1=O)[C@@H](C)CC)C(=O)O. The Labute approximate surface area is 220 Å². The first-order valence-corrected chi connectivity index (χ1v) is 13.3. The van der Waals surface area contributed by atoms with E-state index in [-0.39, 0.29) is 29.6 Å². The molecule has 0 radical (unpaired) electrons. The van der Waals surface area contributed by atoms with E-state index in [1.807, 2.05) is 27.7 Å². The summed E-state index contributed by atoms with van der Waals surface area (Å²) in [7, 11) is 0. The van der Waals surface area contributed by atoms with E-state index < -0.39 is 42.1 Å². The third-order valence-electron chi connectivity index (χ3n) is 6.88. The van der Waals surface area contributed by atoms with E-state index in [4.69, 9.17) is 0 Å². The number of carboxylic acid groups (broad SMARTS) is 1. The van der Waals surface area contributed by atoms with E-state index in [9.17, 15) is 29.1 Å². The number of aliphatic carboxylic acids is 1. The number of rotatable bonds is 10. The Bertz CT molecular complexity index is 830. The van der Waals surface area contributed by atoms with Crippen molar-refractivity contribution in [1.82, 2.24) is 26.6 Å². The van der Waals surface area contributed by atoms with Crippen LogP contribution < -0.4 is 26.6 Å². The highest BCUT2D eigenvalue weighted by Gasteiger charge is 2.32. The summed E-state index contributed by atoms with van der Waals surface area (Å²) in [6, 6.07) is -4.05. The minimum atomic E-state index is -1.15. The van der Waals surface area contributed by atoms with Gasteiger partial charge in [-0.25, -0.2) is 9.59 Å². The molecule has 0 aromatic heterocycles. The molecule has 0 spiro atoms. The van der Waals surface area contributed by atoms with Gasteiger partial charge in [0.05, 0.1) is 0 Å². The largest absolute Gasteiger partial charge is 0.480 e. The number of carboxylic acids is 1. The summed E-state index contributed by atoms with van der Waals surface area (Å²) in [5.74, 6) is -2.81. The highest BCUT2D eigenvalue weighted by atomic mass is 16.4. The van der Waals surface area contributed by atoms with Gasteiger partial charge < -0.3 is 31.7 Å². The second-order valence-corrected chi connectivity index (χ2v) is 10.2. The van der Waals surface area contributed by atoms with E-state index in [2.05, 4.69) is 26.6 Å². The van der Waals surface area contributed by atoms with Crippen molar-refractivity contribution in [1.29, 1.82) is 0 Å². The molecular weight excluding hydrogens is 478 g/mol. The van der Waals surface area contributed by atoms with Crippen molar-refractivity contribution >= 4 is 29.7 Å². The molecule has 6 atom stereocenters. The lowest BCUT2D eigenvalue weighted by Gasteiger charge is -2.29. The molecule has 0 saturated carbocycles. The molecule has 6 N–H and O–H groups in total. The van der Waals surface area contributed by atoms with E-state index in [0.29, 0.717) is 38.6 Å². The van der Waals surface area contributed by atoms with Gasteiger partial charge in [0.1, 0.15) is 18.1 Å². The number of carbonyl (C=O) groups excluding carboxylic acids is 4. The monoisotopic (exact) mass is 523 g/mol. The third-order valence-corrected chi connectivity index (χ3v) is 6.88. The highest BCUT2D eigenvalue weighted by molar-refractivity contribution is 5.93. The quantitative estimate of drug-likeness (QED) is 0.255. The van der Waals surface area contributed by atoms with Crippen LogP contribution in [0.5, 0.6) is 0 Å². The second kappa shape index (κ2) is 15.9. The van der Waals surface area contributed by atoms with Crippen LogP contribution in [0.25, 0.3) is 0 Å². The van der Waals surface area contributed by atoms with Crippen LogP contribution in [0.3, 0.4) is 0 Å². The summed E-state index contributed by atoms with van der Waals surface area (Å²) in [6.07, 6.45) is 5.76. The van der Waals surface area contributed by atoms with Crippen molar-refractivity contribution in [2.24, 2.45) is 17.8 Å². The van der Waals surface area contributed by atoms with Gasteiger partial charge in [0.2, 0.25) is 17.7 Å². The minimum absolute atomic E-state index is 0.0122. The molecule has 0 aromatic carbocycles. The Morgan fingerprint density at radius 1 is 1.00 bits per heavy atom. The van der Waals surface area contributed by atoms with Gasteiger partial charge in [0.25, 0.3) is 0 Å². The molecule has 0 saturated heterocycles. The number of urea groups is 1. The summed E-state index contributed by atoms with van der Waals surface area (Å²) < 4.78 is 0. The normalized spacial score (nSPS) is 22.2. The fourth-order valence-corrected chi connectivity index (χ4v) is 3.88. The first-order valence-electron chi connectivity index (χ1n) is 13.3. The Balaban J connectivity index is 3.04. The third kappa shape index (κ3) is 10.8. The van der Waals surface area contributed by atoms with Crippen LogP contribution in [-0.4, -0.2) is 65.5 Å². The molecule has 1 heterocycles. The van der Waals surface area contributed by atoms with Crippen LogP contribution in [-0.2, 0) is 19.2 Å². The van der Waals surface area contributed by atoms with Gasteiger partial charge in [-0.2, -0.15) is 0 Å². The number of hydrogen-bond acceptors (Lipinski definition) is 5. The molecular formula is C26H45N5O6. The van der Waals surface area contributed by atoms with Crippen LogP contribution in [0.4, 0.5) is 4.79 Å². The Morgan fingerprint density at radius 2 is 1.59 bits per heavy atom. The average Bonchev–Trinajstić information content (AvgIpc) is 2.84. The fourth-order valence-electron chi connectivity index (χ4n) is 3.88. The van der Waals surface area contributed by atoms with Crippen molar-refractivity contribution in [3.8, 4) is 0 Å². The zero-order valence-electron chi connectivity index (χ0n) is 22.9. The lowest BCUT2D eigenvalue weighted by Crippen LogP contribution is -2.59. The second-order valence-electron chi connectivity index (χ2n) is 10.2. The number of amides is 5. The van der Waals surface area contributed by atoms with Crippen molar-refractivity contribution in [3.05, 3.63) is 12.2 Å². The van der Waals surface area contributed by atoms with Gasteiger partial charge in [-0.3, -0.25) is 14.4 Å². The maximum atomic E-state index is 13.3. The van der Waals surface area contributed by atoms with E-state index in [1.165, 1.54) is 6.08 Å². The topological polar surface area (TPSA) is 166 Å². The predicted octanol–water partition coefficient (Wildman–Crippen LogP) is 1.68. The summed E-state index contributed by atoms with van der Waals surface area (Å²) >= 11 is 0. The van der Waals surface area contributed by atoms with Gasteiger partial charge in [0, 0.05) is 18.7 Å². The van der Waals surface area contributed by atoms with Gasteiger partial charge in [-0.05, 0) is 37.0 Å². The standard InChI is InChI=1S/C26H45N5O6/c1-7-16(5)21(30-26(37)31-22(25(35)36)17(6)8-2)24(34)29-19-11-9-10-14-27-20(32)13-12-18(15(3)4)28-23(19)33/h12-13,15-19,21-22H,7-11,14H2,1-6H3,(H,27,32)(H,28,33)(H,29,34)(H,35,36)(H2,30,31,37)/t16-,17-,18+,19-,21-,22-/m0/s1. The molecule has 0 aliphatic carbocycles. The van der Waals surface area contributed by atoms with Gasteiger partial charge >= 0.3 is 12.0 Å². The molecule has 37 heavy (non-hydrogen) atoms. The maximum absolute atomic E-state index is 13.3.